The second kappa shape index (κ2) is 6.77. The maximum Gasteiger partial charge on any atom is 0.235 e. The van der Waals surface area contributed by atoms with Crippen LogP contribution in [0.3, 0.4) is 0 Å². The zero-order valence-electron chi connectivity index (χ0n) is 12.4. The summed E-state index contributed by atoms with van der Waals surface area (Å²) in [6, 6.07) is 8.23. The molecule has 4 nitrogen and oxygen atoms in total. The van der Waals surface area contributed by atoms with Gasteiger partial charge in [0, 0.05) is 19.3 Å². The van der Waals surface area contributed by atoms with Crippen molar-refractivity contribution in [1.82, 2.24) is 5.32 Å². The molecule has 1 saturated heterocycles. The summed E-state index contributed by atoms with van der Waals surface area (Å²) in [6.07, 6.45) is 2.68. The number of fused-ring (bicyclic) bond motifs is 1. The second-order valence-corrected chi connectivity index (χ2v) is 5.80. The van der Waals surface area contributed by atoms with Crippen LogP contribution in [0, 0.1) is 5.41 Å². The minimum atomic E-state index is -0.350. The average molecular weight is 311 g/mol. The Hall–Kier alpha value is -1.10. The second-order valence-electron chi connectivity index (χ2n) is 5.80. The van der Waals surface area contributed by atoms with E-state index in [1.165, 1.54) is 5.56 Å². The van der Waals surface area contributed by atoms with Gasteiger partial charge in [-0.2, -0.15) is 0 Å². The van der Waals surface area contributed by atoms with Crippen molar-refractivity contribution in [2.45, 2.75) is 19.3 Å². The number of rotatable bonds is 3. The Morgan fingerprint density at radius 3 is 2.76 bits per heavy atom. The third kappa shape index (κ3) is 2.93. The van der Waals surface area contributed by atoms with E-state index in [9.17, 15) is 4.79 Å². The molecule has 0 spiro atoms. The van der Waals surface area contributed by atoms with Crippen molar-refractivity contribution in [3.05, 3.63) is 29.8 Å². The van der Waals surface area contributed by atoms with E-state index in [1.54, 1.807) is 7.11 Å². The summed E-state index contributed by atoms with van der Waals surface area (Å²) in [6.45, 7) is 3.11. The monoisotopic (exact) mass is 310 g/mol. The summed E-state index contributed by atoms with van der Waals surface area (Å²) >= 11 is 0. The normalized spacial score (nSPS) is 19.8. The quantitative estimate of drug-likeness (QED) is 0.928. The lowest BCUT2D eigenvalue weighted by molar-refractivity contribution is -0.133. The van der Waals surface area contributed by atoms with Crippen LogP contribution in [0.15, 0.2) is 24.3 Å². The molecule has 0 atom stereocenters. The fraction of sp³-hybridized carbons (Fsp3) is 0.562. The van der Waals surface area contributed by atoms with Crippen molar-refractivity contribution in [3.63, 3.8) is 0 Å². The van der Waals surface area contributed by atoms with Crippen molar-refractivity contribution in [3.8, 4) is 0 Å². The van der Waals surface area contributed by atoms with Crippen LogP contribution in [0.1, 0.15) is 18.4 Å². The molecule has 116 valence electrons. The third-order valence-electron chi connectivity index (χ3n) is 4.57. The van der Waals surface area contributed by atoms with Crippen molar-refractivity contribution < 1.29 is 9.53 Å². The first-order chi connectivity index (χ1) is 9.77. The molecule has 0 radical (unpaired) electrons. The van der Waals surface area contributed by atoms with Crippen LogP contribution in [-0.4, -0.2) is 39.3 Å². The highest BCUT2D eigenvalue weighted by Gasteiger charge is 2.43. The molecular weight excluding hydrogens is 288 g/mol. The minimum absolute atomic E-state index is 0. The number of carbonyl (C=O) groups excluding carboxylic acids is 1. The van der Waals surface area contributed by atoms with E-state index in [2.05, 4.69) is 17.4 Å². The lowest BCUT2D eigenvalue weighted by Crippen LogP contribution is -2.51. The first kappa shape index (κ1) is 16.3. The number of piperidine rings is 1. The van der Waals surface area contributed by atoms with Gasteiger partial charge in [0.05, 0.1) is 12.0 Å². The van der Waals surface area contributed by atoms with Crippen LogP contribution in [-0.2, 0) is 16.0 Å². The Labute approximate surface area is 132 Å². The topological polar surface area (TPSA) is 41.6 Å². The summed E-state index contributed by atoms with van der Waals surface area (Å²) < 4.78 is 5.38. The first-order valence-corrected chi connectivity index (χ1v) is 7.36. The molecule has 0 aromatic heterocycles. The number of carbonyl (C=O) groups is 1. The number of nitrogens with zero attached hydrogens (tertiary/aromatic N) is 1. The summed E-state index contributed by atoms with van der Waals surface area (Å²) in [7, 11) is 1.69. The Balaban J connectivity index is 0.00000161. The lowest BCUT2D eigenvalue weighted by Gasteiger charge is -2.38. The van der Waals surface area contributed by atoms with Gasteiger partial charge in [-0.25, -0.2) is 0 Å². The van der Waals surface area contributed by atoms with Crippen molar-refractivity contribution >= 4 is 24.0 Å². The van der Waals surface area contributed by atoms with E-state index in [0.717, 1.165) is 44.6 Å². The molecule has 1 aromatic rings. The van der Waals surface area contributed by atoms with Gasteiger partial charge in [0.15, 0.2) is 0 Å². The molecular formula is C16H23ClN2O2. The molecule has 1 fully saturated rings. The molecule has 2 heterocycles. The van der Waals surface area contributed by atoms with E-state index in [1.807, 2.05) is 17.0 Å². The Morgan fingerprint density at radius 2 is 2.05 bits per heavy atom. The SMILES string of the molecule is COCC1(C(=O)N2CCc3ccccc32)CCNCC1.Cl. The molecule has 5 heteroatoms. The van der Waals surface area contributed by atoms with Crippen molar-refractivity contribution in [2.24, 2.45) is 5.41 Å². The van der Waals surface area contributed by atoms with E-state index in [4.69, 9.17) is 4.74 Å². The molecule has 1 amide bonds. The predicted molar refractivity (Wildman–Crippen MR) is 86.2 cm³/mol. The standard InChI is InChI=1S/C16H22N2O2.ClH/c1-20-12-16(7-9-17-10-8-16)15(19)18-11-6-13-4-2-3-5-14(13)18;/h2-5,17H,6-12H2,1H3;1H. The highest BCUT2D eigenvalue weighted by atomic mass is 35.5. The van der Waals surface area contributed by atoms with Crippen molar-refractivity contribution in [2.75, 3.05) is 38.3 Å². The third-order valence-corrected chi connectivity index (χ3v) is 4.57. The molecule has 0 aliphatic carbocycles. The van der Waals surface area contributed by atoms with E-state index in [-0.39, 0.29) is 23.7 Å². The van der Waals surface area contributed by atoms with Gasteiger partial charge in [-0.1, -0.05) is 18.2 Å². The molecule has 0 saturated carbocycles. The van der Waals surface area contributed by atoms with Crippen LogP contribution in [0.5, 0.6) is 0 Å². The number of hydrogen-bond acceptors (Lipinski definition) is 3. The molecule has 1 aromatic carbocycles. The van der Waals surface area contributed by atoms with Gasteiger partial charge in [0.2, 0.25) is 5.91 Å². The van der Waals surface area contributed by atoms with Crippen LogP contribution in [0.25, 0.3) is 0 Å². The molecule has 21 heavy (non-hydrogen) atoms. The fourth-order valence-corrected chi connectivity index (χ4v) is 3.44. The van der Waals surface area contributed by atoms with Crippen LogP contribution >= 0.6 is 12.4 Å². The maximum absolute atomic E-state index is 13.1. The highest BCUT2D eigenvalue weighted by molar-refractivity contribution is 5.99. The van der Waals surface area contributed by atoms with E-state index < -0.39 is 0 Å². The predicted octanol–water partition coefficient (Wildman–Crippen LogP) is 2.01. The zero-order chi connectivity index (χ0) is 14.0. The Kier molecular flexibility index (Phi) is 5.25. The number of hydrogen-bond donors (Lipinski definition) is 1. The van der Waals surface area contributed by atoms with E-state index >= 15 is 0 Å². The number of methoxy groups -OCH3 is 1. The summed E-state index contributed by atoms with van der Waals surface area (Å²) in [5, 5.41) is 3.34. The Bertz CT molecular complexity index is 495. The fourth-order valence-electron chi connectivity index (χ4n) is 3.44. The number of amides is 1. The van der Waals surface area contributed by atoms with Gasteiger partial charge in [-0.15, -0.1) is 12.4 Å². The van der Waals surface area contributed by atoms with Gasteiger partial charge in [-0.05, 0) is 44.0 Å². The van der Waals surface area contributed by atoms with E-state index in [0.29, 0.717) is 6.61 Å². The molecule has 1 N–H and O–H groups in total. The van der Waals surface area contributed by atoms with Crippen LogP contribution < -0.4 is 10.2 Å². The molecule has 3 rings (SSSR count). The number of halogens is 1. The number of benzene rings is 1. The number of para-hydroxylation sites is 1. The van der Waals surface area contributed by atoms with Crippen LogP contribution in [0.2, 0.25) is 0 Å². The summed E-state index contributed by atoms with van der Waals surface area (Å²) in [4.78, 5) is 15.1. The Morgan fingerprint density at radius 1 is 1.33 bits per heavy atom. The summed E-state index contributed by atoms with van der Waals surface area (Å²) in [5.74, 6) is 0.241. The highest BCUT2D eigenvalue weighted by Crippen LogP contribution is 2.36. The first-order valence-electron chi connectivity index (χ1n) is 7.36. The van der Waals surface area contributed by atoms with Gasteiger partial charge in [-0.3, -0.25) is 4.79 Å². The maximum atomic E-state index is 13.1. The molecule has 2 aliphatic rings. The van der Waals surface area contributed by atoms with Gasteiger partial charge in [0.1, 0.15) is 0 Å². The van der Waals surface area contributed by atoms with Gasteiger partial charge < -0.3 is 15.0 Å². The zero-order valence-corrected chi connectivity index (χ0v) is 13.2. The number of anilines is 1. The number of ether oxygens (including phenoxy) is 1. The number of nitrogens with one attached hydrogen (secondary N) is 1. The molecule has 2 aliphatic heterocycles. The molecule has 0 unspecified atom stereocenters. The van der Waals surface area contributed by atoms with Gasteiger partial charge in [0.25, 0.3) is 0 Å². The lowest BCUT2D eigenvalue weighted by atomic mass is 9.78. The smallest absolute Gasteiger partial charge is 0.235 e. The van der Waals surface area contributed by atoms with Crippen LogP contribution in [0.4, 0.5) is 5.69 Å². The largest absolute Gasteiger partial charge is 0.384 e. The van der Waals surface area contributed by atoms with Crippen molar-refractivity contribution in [1.29, 1.82) is 0 Å². The molecule has 0 bridgehead atoms. The average Bonchev–Trinajstić information content (AvgIpc) is 2.91. The summed E-state index contributed by atoms with van der Waals surface area (Å²) in [5.41, 5.74) is 2.02. The minimum Gasteiger partial charge on any atom is -0.384 e. The van der Waals surface area contributed by atoms with Gasteiger partial charge >= 0.3 is 0 Å².